The number of carbonyl (C=O) groups is 2. The number of hydrogen-bond acceptors (Lipinski definition) is 4. The molecule has 2 saturated heterocycles. The van der Waals surface area contributed by atoms with Crippen LogP contribution in [0, 0.1) is 12.8 Å². The molecule has 2 aliphatic heterocycles. The highest BCUT2D eigenvalue weighted by Crippen LogP contribution is 2.43. The normalized spacial score (nSPS) is 26.6. The summed E-state index contributed by atoms with van der Waals surface area (Å²) >= 11 is 1.72. The van der Waals surface area contributed by atoms with Gasteiger partial charge in [0.05, 0.1) is 4.91 Å². The SMILES string of the molecule is Cc1cccc(/C=C2\SC3CCC(C(=O)N4CCN(Cc5ccccc5)CC4)CC3N(C)C2=O)c1. The third-order valence-electron chi connectivity index (χ3n) is 7.68. The van der Waals surface area contributed by atoms with Gasteiger partial charge in [0.25, 0.3) is 5.91 Å². The van der Waals surface area contributed by atoms with Crippen molar-refractivity contribution in [2.75, 3.05) is 33.2 Å². The zero-order chi connectivity index (χ0) is 24.4. The Morgan fingerprint density at radius 3 is 2.54 bits per heavy atom. The molecule has 184 valence electrons. The van der Waals surface area contributed by atoms with Crippen molar-refractivity contribution in [3.63, 3.8) is 0 Å². The van der Waals surface area contributed by atoms with Gasteiger partial charge in [-0.05, 0) is 43.4 Å². The lowest BCUT2D eigenvalue weighted by molar-refractivity contribution is -0.140. The van der Waals surface area contributed by atoms with Crippen LogP contribution in [-0.4, -0.2) is 71.0 Å². The predicted octanol–water partition coefficient (Wildman–Crippen LogP) is 4.42. The number of benzene rings is 2. The second-order valence-corrected chi connectivity index (χ2v) is 11.4. The number of carbonyl (C=O) groups excluding carboxylic acids is 2. The monoisotopic (exact) mass is 489 g/mol. The lowest BCUT2D eigenvalue weighted by Gasteiger charge is -2.45. The number of nitrogens with zero attached hydrogens (tertiary/aromatic N) is 3. The predicted molar refractivity (Wildman–Crippen MR) is 143 cm³/mol. The van der Waals surface area contributed by atoms with Crippen LogP contribution in [0.5, 0.6) is 0 Å². The van der Waals surface area contributed by atoms with E-state index in [-0.39, 0.29) is 23.8 Å². The summed E-state index contributed by atoms with van der Waals surface area (Å²) in [5.41, 5.74) is 3.59. The third-order valence-corrected chi connectivity index (χ3v) is 9.08. The first-order chi connectivity index (χ1) is 17.0. The molecule has 0 radical (unpaired) electrons. The number of rotatable bonds is 4. The van der Waals surface area contributed by atoms with Gasteiger partial charge in [-0.3, -0.25) is 14.5 Å². The van der Waals surface area contributed by atoms with Crippen molar-refractivity contribution in [1.29, 1.82) is 0 Å². The van der Waals surface area contributed by atoms with Crippen molar-refractivity contribution in [2.24, 2.45) is 5.92 Å². The smallest absolute Gasteiger partial charge is 0.260 e. The van der Waals surface area contributed by atoms with E-state index in [0.29, 0.717) is 5.25 Å². The molecule has 3 atom stereocenters. The lowest BCUT2D eigenvalue weighted by atomic mass is 9.83. The molecule has 2 heterocycles. The Morgan fingerprint density at radius 2 is 1.80 bits per heavy atom. The summed E-state index contributed by atoms with van der Waals surface area (Å²) in [6.45, 7) is 6.44. The number of piperazine rings is 1. The van der Waals surface area contributed by atoms with Gasteiger partial charge >= 0.3 is 0 Å². The second-order valence-electron chi connectivity index (χ2n) is 10.2. The summed E-state index contributed by atoms with van der Waals surface area (Å²) in [5.74, 6) is 0.394. The Bertz CT molecular complexity index is 1090. The quantitative estimate of drug-likeness (QED) is 0.597. The maximum Gasteiger partial charge on any atom is 0.260 e. The van der Waals surface area contributed by atoms with Crippen molar-refractivity contribution < 1.29 is 9.59 Å². The van der Waals surface area contributed by atoms with Crippen LogP contribution in [0.15, 0.2) is 59.5 Å². The van der Waals surface area contributed by atoms with Crippen molar-refractivity contribution in [2.45, 2.75) is 44.0 Å². The number of thioether (sulfide) groups is 1. The molecule has 6 heteroatoms. The minimum atomic E-state index is 0.0232. The largest absolute Gasteiger partial charge is 0.340 e. The Balaban J connectivity index is 1.17. The fourth-order valence-electron chi connectivity index (χ4n) is 5.66. The molecule has 1 aliphatic carbocycles. The molecule has 2 aromatic rings. The van der Waals surface area contributed by atoms with Crippen LogP contribution < -0.4 is 0 Å². The summed E-state index contributed by atoms with van der Waals surface area (Å²) < 4.78 is 0. The summed E-state index contributed by atoms with van der Waals surface area (Å²) in [6, 6.07) is 18.9. The summed E-state index contributed by atoms with van der Waals surface area (Å²) in [6.07, 6.45) is 4.69. The van der Waals surface area contributed by atoms with Gasteiger partial charge in [0.15, 0.2) is 0 Å². The second kappa shape index (κ2) is 10.6. The van der Waals surface area contributed by atoms with Gasteiger partial charge in [-0.15, -0.1) is 11.8 Å². The van der Waals surface area contributed by atoms with E-state index in [1.165, 1.54) is 11.1 Å². The number of hydrogen-bond donors (Lipinski definition) is 0. The average Bonchev–Trinajstić information content (AvgIpc) is 2.88. The van der Waals surface area contributed by atoms with E-state index in [4.69, 9.17) is 0 Å². The first kappa shape index (κ1) is 24.1. The highest BCUT2D eigenvalue weighted by Gasteiger charge is 2.43. The fourth-order valence-corrected chi connectivity index (χ4v) is 7.14. The van der Waals surface area contributed by atoms with Gasteiger partial charge in [0.2, 0.25) is 5.91 Å². The zero-order valence-electron chi connectivity index (χ0n) is 20.7. The number of likely N-dealkylation sites (N-methyl/N-ethyl adjacent to an activating group) is 1. The van der Waals surface area contributed by atoms with Crippen LogP contribution in [0.4, 0.5) is 0 Å². The summed E-state index contributed by atoms with van der Waals surface area (Å²) in [5, 5.41) is 0.362. The van der Waals surface area contributed by atoms with Crippen molar-refractivity contribution in [3.05, 3.63) is 76.2 Å². The average molecular weight is 490 g/mol. The molecule has 1 saturated carbocycles. The van der Waals surface area contributed by atoms with Crippen LogP contribution in [-0.2, 0) is 16.1 Å². The van der Waals surface area contributed by atoms with Gasteiger partial charge in [-0.2, -0.15) is 0 Å². The first-order valence-corrected chi connectivity index (χ1v) is 13.6. The van der Waals surface area contributed by atoms with Gasteiger partial charge in [0.1, 0.15) is 0 Å². The van der Waals surface area contributed by atoms with Crippen molar-refractivity contribution in [1.82, 2.24) is 14.7 Å². The molecule has 2 amide bonds. The Kier molecular flexibility index (Phi) is 7.30. The highest BCUT2D eigenvalue weighted by atomic mass is 32.2. The molecule has 2 aromatic carbocycles. The van der Waals surface area contributed by atoms with E-state index in [1.807, 2.05) is 30.2 Å². The Morgan fingerprint density at radius 1 is 1.03 bits per heavy atom. The van der Waals surface area contributed by atoms with E-state index in [0.717, 1.165) is 62.5 Å². The molecule has 3 unspecified atom stereocenters. The van der Waals surface area contributed by atoms with Crippen molar-refractivity contribution >= 4 is 29.7 Å². The molecule has 3 fully saturated rings. The molecule has 0 N–H and O–H groups in total. The molecule has 0 spiro atoms. The maximum atomic E-state index is 13.4. The molecule has 5 nitrogen and oxygen atoms in total. The molecule has 35 heavy (non-hydrogen) atoms. The van der Waals surface area contributed by atoms with Gasteiger partial charge in [0, 0.05) is 57.0 Å². The summed E-state index contributed by atoms with van der Waals surface area (Å²) in [4.78, 5) is 33.8. The van der Waals surface area contributed by atoms with Crippen LogP contribution >= 0.6 is 11.8 Å². The molecule has 0 bridgehead atoms. The van der Waals surface area contributed by atoms with Crippen LogP contribution in [0.2, 0.25) is 0 Å². The first-order valence-electron chi connectivity index (χ1n) is 12.7. The lowest BCUT2D eigenvalue weighted by Crippen LogP contribution is -2.54. The molecule has 5 rings (SSSR count). The number of amides is 2. The zero-order valence-corrected chi connectivity index (χ0v) is 21.5. The van der Waals surface area contributed by atoms with Gasteiger partial charge < -0.3 is 9.80 Å². The molecule has 0 aromatic heterocycles. The highest BCUT2D eigenvalue weighted by molar-refractivity contribution is 8.04. The minimum Gasteiger partial charge on any atom is -0.340 e. The minimum absolute atomic E-state index is 0.0232. The van der Waals surface area contributed by atoms with Gasteiger partial charge in [-0.25, -0.2) is 0 Å². The molecule has 3 aliphatic rings. The van der Waals surface area contributed by atoms with Crippen molar-refractivity contribution in [3.8, 4) is 0 Å². The Labute approximate surface area is 213 Å². The van der Waals surface area contributed by atoms with Crippen LogP contribution in [0.1, 0.15) is 36.0 Å². The van der Waals surface area contributed by atoms with Gasteiger partial charge in [-0.1, -0.05) is 60.2 Å². The van der Waals surface area contributed by atoms with E-state index >= 15 is 0 Å². The van der Waals surface area contributed by atoms with E-state index in [2.05, 4.69) is 59.2 Å². The maximum absolute atomic E-state index is 13.4. The standard InChI is InChI=1S/C29H35N3O2S/c1-21-7-6-10-23(17-21)18-27-29(34)30(2)25-19-24(11-12-26(25)35-27)28(33)32-15-13-31(14-16-32)20-22-8-4-3-5-9-22/h3-10,17-18,24-26H,11-16,19-20H2,1-2H3/b27-18-. The van der Waals surface area contributed by atoms with E-state index in [1.54, 1.807) is 11.8 Å². The van der Waals surface area contributed by atoms with E-state index < -0.39 is 0 Å². The fraction of sp³-hybridized carbons (Fsp3) is 0.448. The topological polar surface area (TPSA) is 43.9 Å². The van der Waals surface area contributed by atoms with Crippen LogP contribution in [0.25, 0.3) is 6.08 Å². The molecular formula is C29H35N3O2S. The summed E-state index contributed by atoms with van der Waals surface area (Å²) in [7, 11) is 1.92. The number of fused-ring (bicyclic) bond motifs is 1. The van der Waals surface area contributed by atoms with Crippen LogP contribution in [0.3, 0.4) is 0 Å². The number of aryl methyl sites for hydroxylation is 1. The Hall–Kier alpha value is -2.57. The molecular weight excluding hydrogens is 454 g/mol. The van der Waals surface area contributed by atoms with E-state index in [9.17, 15) is 9.59 Å². The third kappa shape index (κ3) is 5.49.